The topological polar surface area (TPSA) is 56.8 Å². The Kier molecular flexibility index (Phi) is 5.28. The predicted molar refractivity (Wildman–Crippen MR) is 113 cm³/mol. The van der Waals surface area contributed by atoms with E-state index in [9.17, 15) is 0 Å². The summed E-state index contributed by atoms with van der Waals surface area (Å²) in [6, 6.07) is 11.2. The van der Waals surface area contributed by atoms with E-state index in [0.717, 1.165) is 42.1 Å². The molecule has 0 bridgehead atoms. The summed E-state index contributed by atoms with van der Waals surface area (Å²) in [6.07, 6.45) is 9.02. The van der Waals surface area contributed by atoms with Crippen LogP contribution in [-0.2, 0) is 6.42 Å². The first-order chi connectivity index (χ1) is 13.3. The van der Waals surface area contributed by atoms with Crippen molar-refractivity contribution in [3.8, 4) is 0 Å². The number of aromatic nitrogens is 3. The summed E-state index contributed by atoms with van der Waals surface area (Å²) in [5.74, 6) is 1.77. The van der Waals surface area contributed by atoms with Crippen LogP contribution in [0.2, 0.25) is 0 Å². The number of fused-ring (bicyclic) bond motifs is 1. The molecule has 5 heteroatoms. The molecular formula is C22H29N5. The molecule has 0 spiro atoms. The minimum absolute atomic E-state index is 0.589. The lowest BCUT2D eigenvalue weighted by atomic mass is 10.00. The Morgan fingerprint density at radius 2 is 2.07 bits per heavy atom. The van der Waals surface area contributed by atoms with E-state index in [1.165, 1.54) is 31.1 Å². The van der Waals surface area contributed by atoms with Gasteiger partial charge in [-0.1, -0.05) is 26.3 Å². The van der Waals surface area contributed by atoms with Crippen molar-refractivity contribution in [2.75, 3.05) is 16.8 Å². The third-order valence-corrected chi connectivity index (χ3v) is 5.48. The van der Waals surface area contributed by atoms with Gasteiger partial charge < -0.3 is 15.2 Å². The second-order valence-electron chi connectivity index (χ2n) is 7.45. The standard InChI is InChI=1S/C22H29N5/c1-3-7-17-15-21(27-13-6-5-8-19(27)4-2)26-22(24-17)25-18-10-9-16-11-12-23-20(16)14-18/h9-12,14-15,19,23H,3-8,13H2,1-2H3,(H,24,25,26). The molecule has 0 aliphatic carbocycles. The highest BCUT2D eigenvalue weighted by Gasteiger charge is 2.23. The van der Waals surface area contributed by atoms with Crippen LogP contribution in [0.4, 0.5) is 17.5 Å². The Bertz CT molecular complexity index is 901. The van der Waals surface area contributed by atoms with Crippen molar-refractivity contribution < 1.29 is 0 Å². The number of hydrogen-bond donors (Lipinski definition) is 2. The van der Waals surface area contributed by atoms with Crippen LogP contribution in [0.1, 0.15) is 51.6 Å². The first-order valence-corrected chi connectivity index (χ1v) is 10.3. The van der Waals surface area contributed by atoms with Gasteiger partial charge >= 0.3 is 0 Å². The highest BCUT2D eigenvalue weighted by Crippen LogP contribution is 2.28. The molecule has 142 valence electrons. The number of aromatic amines is 1. The SMILES string of the molecule is CCCc1cc(N2CCCCC2CC)nc(Nc2ccc3cc[nH]c3c2)n1. The fourth-order valence-corrected chi connectivity index (χ4v) is 4.05. The van der Waals surface area contributed by atoms with Crippen LogP contribution in [0.5, 0.6) is 0 Å². The highest BCUT2D eigenvalue weighted by molar-refractivity contribution is 5.83. The van der Waals surface area contributed by atoms with Crippen molar-refractivity contribution in [3.05, 3.63) is 42.2 Å². The van der Waals surface area contributed by atoms with Crippen molar-refractivity contribution >= 4 is 28.4 Å². The third-order valence-electron chi connectivity index (χ3n) is 5.48. The summed E-state index contributed by atoms with van der Waals surface area (Å²) in [6.45, 7) is 5.57. The summed E-state index contributed by atoms with van der Waals surface area (Å²) in [4.78, 5) is 15.4. The number of H-pyrrole nitrogens is 1. The lowest BCUT2D eigenvalue weighted by Crippen LogP contribution is -2.39. The minimum atomic E-state index is 0.589. The normalized spacial score (nSPS) is 17.4. The van der Waals surface area contributed by atoms with Gasteiger partial charge in [-0.05, 0) is 55.7 Å². The number of nitrogens with one attached hydrogen (secondary N) is 2. The Labute approximate surface area is 161 Å². The van der Waals surface area contributed by atoms with Crippen LogP contribution in [-0.4, -0.2) is 27.5 Å². The summed E-state index contributed by atoms with van der Waals surface area (Å²) in [5.41, 5.74) is 3.24. The van der Waals surface area contributed by atoms with Crippen LogP contribution in [0.3, 0.4) is 0 Å². The molecule has 1 aliphatic heterocycles. The second-order valence-corrected chi connectivity index (χ2v) is 7.45. The van der Waals surface area contributed by atoms with Crippen molar-refractivity contribution in [1.29, 1.82) is 0 Å². The molecule has 1 aliphatic rings. The molecule has 0 saturated carbocycles. The highest BCUT2D eigenvalue weighted by atomic mass is 15.2. The molecule has 1 atom stereocenters. The molecule has 3 heterocycles. The summed E-state index contributed by atoms with van der Waals surface area (Å²) < 4.78 is 0. The number of aryl methyl sites for hydroxylation is 1. The first kappa shape index (κ1) is 17.8. The number of piperidine rings is 1. The fourth-order valence-electron chi connectivity index (χ4n) is 4.05. The number of anilines is 3. The molecule has 1 unspecified atom stereocenters. The van der Waals surface area contributed by atoms with Crippen molar-refractivity contribution in [2.24, 2.45) is 0 Å². The van der Waals surface area contributed by atoms with E-state index in [0.29, 0.717) is 12.0 Å². The Balaban J connectivity index is 1.65. The average molecular weight is 364 g/mol. The fraction of sp³-hybridized carbons (Fsp3) is 0.455. The van der Waals surface area contributed by atoms with Gasteiger partial charge in [0.05, 0.1) is 0 Å². The second kappa shape index (κ2) is 7.99. The van der Waals surface area contributed by atoms with Crippen LogP contribution < -0.4 is 10.2 Å². The molecule has 5 nitrogen and oxygen atoms in total. The van der Waals surface area contributed by atoms with E-state index < -0.39 is 0 Å². The number of hydrogen-bond acceptors (Lipinski definition) is 4. The molecule has 2 N–H and O–H groups in total. The molecule has 3 aromatic rings. The quantitative estimate of drug-likeness (QED) is 0.614. The van der Waals surface area contributed by atoms with Gasteiger partial charge in [-0.15, -0.1) is 0 Å². The molecule has 0 radical (unpaired) electrons. The maximum Gasteiger partial charge on any atom is 0.229 e. The lowest BCUT2D eigenvalue weighted by Gasteiger charge is -2.36. The molecule has 2 aromatic heterocycles. The van der Waals surface area contributed by atoms with Gasteiger partial charge in [0.15, 0.2) is 0 Å². The van der Waals surface area contributed by atoms with Crippen LogP contribution in [0.15, 0.2) is 36.5 Å². The largest absolute Gasteiger partial charge is 0.361 e. The van der Waals surface area contributed by atoms with Gasteiger partial charge in [-0.25, -0.2) is 4.98 Å². The maximum atomic E-state index is 4.89. The zero-order valence-electron chi connectivity index (χ0n) is 16.3. The summed E-state index contributed by atoms with van der Waals surface area (Å²) >= 11 is 0. The Hall–Kier alpha value is -2.56. The van der Waals surface area contributed by atoms with Crippen LogP contribution in [0.25, 0.3) is 10.9 Å². The molecule has 1 aromatic carbocycles. The number of rotatable bonds is 6. The van der Waals surface area contributed by atoms with E-state index in [1.807, 2.05) is 6.20 Å². The predicted octanol–water partition coefficient (Wildman–Crippen LogP) is 5.42. The molecule has 1 fully saturated rings. The van der Waals surface area contributed by atoms with Gasteiger partial charge in [0, 0.05) is 41.7 Å². The van der Waals surface area contributed by atoms with Gasteiger partial charge in [0.2, 0.25) is 5.95 Å². The molecule has 1 saturated heterocycles. The smallest absolute Gasteiger partial charge is 0.229 e. The van der Waals surface area contributed by atoms with E-state index in [2.05, 4.69) is 59.4 Å². The van der Waals surface area contributed by atoms with Crippen LogP contribution >= 0.6 is 0 Å². The Morgan fingerprint density at radius 3 is 2.93 bits per heavy atom. The van der Waals surface area contributed by atoms with Gasteiger partial charge in [-0.3, -0.25) is 0 Å². The van der Waals surface area contributed by atoms with E-state index in [1.54, 1.807) is 0 Å². The molecule has 4 rings (SSSR count). The molecular weight excluding hydrogens is 334 g/mol. The zero-order valence-corrected chi connectivity index (χ0v) is 16.3. The van der Waals surface area contributed by atoms with Crippen molar-refractivity contribution in [3.63, 3.8) is 0 Å². The zero-order chi connectivity index (χ0) is 18.6. The van der Waals surface area contributed by atoms with E-state index in [-0.39, 0.29) is 0 Å². The number of nitrogens with zero attached hydrogens (tertiary/aromatic N) is 3. The van der Waals surface area contributed by atoms with Crippen molar-refractivity contribution in [2.45, 2.75) is 58.4 Å². The summed E-state index contributed by atoms with van der Waals surface area (Å²) in [5, 5.41) is 4.64. The van der Waals surface area contributed by atoms with Gasteiger partial charge in [-0.2, -0.15) is 4.98 Å². The Morgan fingerprint density at radius 1 is 1.15 bits per heavy atom. The van der Waals surface area contributed by atoms with Crippen LogP contribution in [0, 0.1) is 0 Å². The van der Waals surface area contributed by atoms with E-state index >= 15 is 0 Å². The third kappa shape index (κ3) is 3.92. The van der Waals surface area contributed by atoms with Gasteiger partial charge in [0.1, 0.15) is 5.82 Å². The lowest BCUT2D eigenvalue weighted by molar-refractivity contribution is 0.446. The summed E-state index contributed by atoms with van der Waals surface area (Å²) in [7, 11) is 0. The average Bonchev–Trinajstić information content (AvgIpc) is 3.16. The molecule has 27 heavy (non-hydrogen) atoms. The van der Waals surface area contributed by atoms with E-state index in [4.69, 9.17) is 9.97 Å². The molecule has 0 amide bonds. The monoisotopic (exact) mass is 363 g/mol. The van der Waals surface area contributed by atoms with Crippen molar-refractivity contribution in [1.82, 2.24) is 15.0 Å². The maximum absolute atomic E-state index is 4.89. The minimum Gasteiger partial charge on any atom is -0.361 e. The number of benzene rings is 1. The first-order valence-electron chi connectivity index (χ1n) is 10.3. The van der Waals surface area contributed by atoms with Gasteiger partial charge in [0.25, 0.3) is 0 Å².